The van der Waals surface area contributed by atoms with Crippen LogP contribution in [0.5, 0.6) is 0 Å². The van der Waals surface area contributed by atoms with Gasteiger partial charge in [0.25, 0.3) is 0 Å². The van der Waals surface area contributed by atoms with E-state index < -0.39 is 0 Å². The van der Waals surface area contributed by atoms with Crippen molar-refractivity contribution in [3.8, 4) is 0 Å². The van der Waals surface area contributed by atoms with E-state index in [-0.39, 0.29) is 63.8 Å². The summed E-state index contributed by atoms with van der Waals surface area (Å²) in [6.45, 7) is 5.14. The van der Waals surface area contributed by atoms with Gasteiger partial charge in [-0.1, -0.05) is 5.57 Å². The van der Waals surface area contributed by atoms with E-state index in [1.807, 2.05) is 6.20 Å². The molecule has 0 aromatic heterocycles. The molecule has 1 atom stereocenters. The van der Waals surface area contributed by atoms with E-state index in [1.165, 1.54) is 5.57 Å². The van der Waals surface area contributed by atoms with Crippen molar-refractivity contribution in [1.82, 2.24) is 0 Å². The fraction of sp³-hybridized carbons (Fsp3) is 0.778. The van der Waals surface area contributed by atoms with Crippen LogP contribution in [0.15, 0.2) is 11.8 Å². The second kappa shape index (κ2) is 5.92. The Balaban J connectivity index is 0.00000121. The molecule has 0 radical (unpaired) electrons. The summed E-state index contributed by atoms with van der Waals surface area (Å²) in [7, 11) is 1.78. The Morgan fingerprint density at radius 1 is 1.58 bits per heavy atom. The number of hydrogen-bond acceptors (Lipinski definition) is 1. The number of hydrogen-bond donors (Lipinski definition) is 0. The van der Waals surface area contributed by atoms with Crippen LogP contribution >= 0.6 is 0 Å². The Morgan fingerprint density at radius 3 is 2.83 bits per heavy atom. The first-order valence-electron chi connectivity index (χ1n) is 4.04. The first kappa shape index (κ1) is 13.3. The number of methoxy groups -OCH3 is 1. The zero-order valence-electron chi connectivity index (χ0n) is 8.55. The molecule has 0 aromatic carbocycles. The summed E-state index contributed by atoms with van der Waals surface area (Å²) in [5, 5.41) is 4.25. The van der Waals surface area contributed by atoms with Crippen LogP contribution in [-0.4, -0.2) is 19.3 Å². The van der Waals surface area contributed by atoms with Crippen LogP contribution in [0.1, 0.15) is 26.7 Å². The molecule has 1 heterocycles. The third kappa shape index (κ3) is 4.01. The maximum Gasteiger partial charge on any atom is 1.00 e. The monoisotopic (exact) mass is 239 g/mol. The Bertz CT molecular complexity index is 170. The molecule has 1 rings (SSSR count). The second-order valence-corrected chi connectivity index (χ2v) is 3.46. The van der Waals surface area contributed by atoms with E-state index in [0.717, 1.165) is 19.4 Å². The Kier molecular flexibility index (Phi) is 6.56. The zero-order valence-corrected chi connectivity index (χ0v) is 13.5. The molecular weight excluding hydrogens is 224 g/mol. The third-order valence-corrected chi connectivity index (χ3v) is 2.23. The van der Waals surface area contributed by atoms with E-state index in [1.54, 1.807) is 7.11 Å². The standard InChI is InChI=1S/C9H16NO.Rb/c1-8-6-9(2,11-3)4-5-10-7-8;/h7H,4-6H2,1-3H3;/q-1;+1. The van der Waals surface area contributed by atoms with Gasteiger partial charge in [-0.25, -0.2) is 0 Å². The molecular formula is C9H16NORb. The molecule has 1 aliphatic rings. The van der Waals surface area contributed by atoms with Crippen molar-refractivity contribution in [3.05, 3.63) is 17.1 Å². The largest absolute Gasteiger partial charge is 1.00 e. The van der Waals surface area contributed by atoms with Crippen LogP contribution in [0.2, 0.25) is 0 Å². The van der Waals surface area contributed by atoms with Gasteiger partial charge in [-0.2, -0.15) is 6.20 Å². The molecule has 0 aromatic rings. The van der Waals surface area contributed by atoms with Crippen LogP contribution < -0.4 is 58.2 Å². The van der Waals surface area contributed by atoms with Crippen LogP contribution in [0, 0.1) is 0 Å². The van der Waals surface area contributed by atoms with E-state index in [2.05, 4.69) is 19.2 Å². The number of rotatable bonds is 1. The van der Waals surface area contributed by atoms with Crippen LogP contribution in [0.3, 0.4) is 0 Å². The minimum Gasteiger partial charge on any atom is -0.691 e. The maximum atomic E-state index is 5.43. The SMILES string of the molecule is COC1(C)CC[N-]C=C(C)C1.[Rb+]. The fourth-order valence-corrected chi connectivity index (χ4v) is 1.42. The van der Waals surface area contributed by atoms with Crippen molar-refractivity contribution in [2.24, 2.45) is 0 Å². The van der Waals surface area contributed by atoms with Crippen LogP contribution in [-0.2, 0) is 4.74 Å². The zero-order chi connectivity index (χ0) is 8.32. The summed E-state index contributed by atoms with van der Waals surface area (Å²) in [5.41, 5.74) is 1.33. The Morgan fingerprint density at radius 2 is 2.25 bits per heavy atom. The van der Waals surface area contributed by atoms with Crippen molar-refractivity contribution >= 4 is 0 Å². The molecule has 0 bridgehead atoms. The van der Waals surface area contributed by atoms with Gasteiger partial charge in [-0.05, 0) is 26.7 Å². The van der Waals surface area contributed by atoms with Gasteiger partial charge in [0.1, 0.15) is 0 Å². The van der Waals surface area contributed by atoms with Gasteiger partial charge in [-0.15, -0.1) is 6.54 Å². The first-order valence-corrected chi connectivity index (χ1v) is 4.04. The van der Waals surface area contributed by atoms with E-state index in [9.17, 15) is 0 Å². The van der Waals surface area contributed by atoms with Gasteiger partial charge >= 0.3 is 58.2 Å². The van der Waals surface area contributed by atoms with Crippen molar-refractivity contribution in [3.63, 3.8) is 0 Å². The van der Waals surface area contributed by atoms with Gasteiger partial charge in [-0.3, -0.25) is 0 Å². The van der Waals surface area contributed by atoms with E-state index in [4.69, 9.17) is 4.74 Å². The molecule has 2 nitrogen and oxygen atoms in total. The molecule has 64 valence electrons. The first-order chi connectivity index (χ1) is 5.16. The quantitative estimate of drug-likeness (QED) is 0.603. The van der Waals surface area contributed by atoms with E-state index >= 15 is 0 Å². The van der Waals surface area contributed by atoms with Gasteiger partial charge < -0.3 is 10.1 Å². The summed E-state index contributed by atoms with van der Waals surface area (Å²) < 4.78 is 5.43. The van der Waals surface area contributed by atoms with Crippen molar-refractivity contribution in [1.29, 1.82) is 0 Å². The molecule has 0 fully saturated rings. The molecule has 0 saturated carbocycles. The summed E-state index contributed by atoms with van der Waals surface area (Å²) in [6, 6.07) is 0. The summed E-state index contributed by atoms with van der Waals surface area (Å²) in [6.07, 6.45) is 3.99. The number of nitrogens with zero attached hydrogens (tertiary/aromatic N) is 1. The van der Waals surface area contributed by atoms with Gasteiger partial charge in [0, 0.05) is 7.11 Å². The maximum absolute atomic E-state index is 5.43. The van der Waals surface area contributed by atoms with Crippen molar-refractivity contribution < 1.29 is 62.9 Å². The minimum atomic E-state index is 0. The average Bonchev–Trinajstić information content (AvgIpc) is 2.13. The minimum absolute atomic E-state index is 0. The predicted octanol–water partition coefficient (Wildman–Crippen LogP) is -0.533. The molecule has 0 spiro atoms. The topological polar surface area (TPSA) is 23.3 Å². The Labute approximate surface area is 124 Å². The fourth-order valence-electron chi connectivity index (χ4n) is 1.42. The van der Waals surface area contributed by atoms with Gasteiger partial charge in [0.05, 0.1) is 5.60 Å². The molecule has 12 heavy (non-hydrogen) atoms. The molecule has 0 saturated heterocycles. The molecule has 0 amide bonds. The third-order valence-electron chi connectivity index (χ3n) is 2.23. The van der Waals surface area contributed by atoms with Gasteiger partial charge in [0.2, 0.25) is 0 Å². The summed E-state index contributed by atoms with van der Waals surface area (Å²) in [4.78, 5) is 0. The van der Waals surface area contributed by atoms with Crippen LogP contribution in [0.4, 0.5) is 0 Å². The Hall–Kier alpha value is 1.31. The normalized spacial score (nSPS) is 29.4. The predicted molar refractivity (Wildman–Crippen MR) is 46.6 cm³/mol. The average molecular weight is 240 g/mol. The van der Waals surface area contributed by atoms with Crippen molar-refractivity contribution in [2.75, 3.05) is 13.7 Å². The van der Waals surface area contributed by atoms with Crippen molar-refractivity contribution in [2.45, 2.75) is 32.3 Å². The summed E-state index contributed by atoms with van der Waals surface area (Å²) >= 11 is 0. The smallest absolute Gasteiger partial charge is 0.691 e. The van der Waals surface area contributed by atoms with E-state index in [0.29, 0.717) is 0 Å². The second-order valence-electron chi connectivity index (χ2n) is 3.46. The molecule has 0 N–H and O–H groups in total. The molecule has 1 aliphatic heterocycles. The molecule has 3 heteroatoms. The van der Waals surface area contributed by atoms with Gasteiger partial charge in [0.15, 0.2) is 0 Å². The molecule has 0 aliphatic carbocycles. The summed E-state index contributed by atoms with van der Waals surface area (Å²) in [5.74, 6) is 0. The molecule has 1 unspecified atom stereocenters. The number of ether oxygens (including phenoxy) is 1. The van der Waals surface area contributed by atoms with Crippen LogP contribution in [0.25, 0.3) is 5.32 Å².